The van der Waals surface area contributed by atoms with E-state index in [-0.39, 0.29) is 5.84 Å². The summed E-state index contributed by atoms with van der Waals surface area (Å²) in [6.07, 6.45) is 2.40. The summed E-state index contributed by atoms with van der Waals surface area (Å²) in [6, 6.07) is 6.73. The van der Waals surface area contributed by atoms with Gasteiger partial charge >= 0.3 is 0 Å². The molecule has 1 aromatic rings. The number of hydrogen-bond donors (Lipinski definition) is 2. The number of amidine groups is 1. The minimum absolute atomic E-state index is 0.205. The zero-order valence-corrected chi connectivity index (χ0v) is 13.9. The van der Waals surface area contributed by atoms with Crippen LogP contribution in [0, 0.1) is 5.92 Å². The van der Waals surface area contributed by atoms with Crippen molar-refractivity contribution in [1.82, 2.24) is 0 Å². The van der Waals surface area contributed by atoms with Gasteiger partial charge in [0, 0.05) is 23.2 Å². The van der Waals surface area contributed by atoms with E-state index < -0.39 is 0 Å². The molecule has 4 nitrogen and oxygen atoms in total. The van der Waals surface area contributed by atoms with E-state index in [9.17, 15) is 0 Å². The molecule has 1 aromatic carbocycles. The molecule has 1 heterocycles. The van der Waals surface area contributed by atoms with Gasteiger partial charge in [-0.15, -0.1) is 11.8 Å². The number of anilines is 1. The van der Waals surface area contributed by atoms with Crippen molar-refractivity contribution in [2.24, 2.45) is 16.8 Å². The van der Waals surface area contributed by atoms with Crippen LogP contribution in [0.25, 0.3) is 0 Å². The van der Waals surface area contributed by atoms with Crippen LogP contribution in [0.4, 0.5) is 5.69 Å². The van der Waals surface area contributed by atoms with Gasteiger partial charge in [-0.3, -0.25) is 0 Å². The summed E-state index contributed by atoms with van der Waals surface area (Å²) >= 11 is 1.73. The molecule has 1 aliphatic heterocycles. The van der Waals surface area contributed by atoms with E-state index in [1.807, 2.05) is 6.07 Å². The monoisotopic (exact) mass is 307 g/mol. The molecule has 0 aromatic heterocycles. The van der Waals surface area contributed by atoms with E-state index in [2.05, 4.69) is 43.0 Å². The van der Waals surface area contributed by atoms with Gasteiger partial charge in [0.2, 0.25) is 0 Å². The lowest BCUT2D eigenvalue weighted by Gasteiger charge is -2.31. The maximum atomic E-state index is 9.16. The van der Waals surface area contributed by atoms with Gasteiger partial charge in [-0.1, -0.05) is 32.0 Å². The highest BCUT2D eigenvalue weighted by Crippen LogP contribution is 2.36. The number of oxime groups is 1. The number of rotatable bonds is 5. The molecule has 21 heavy (non-hydrogen) atoms. The van der Waals surface area contributed by atoms with Crippen molar-refractivity contribution in [3.63, 3.8) is 0 Å². The molecule has 2 rings (SSSR count). The van der Waals surface area contributed by atoms with Crippen LogP contribution in [0.5, 0.6) is 0 Å². The predicted octanol–water partition coefficient (Wildman–Crippen LogP) is 3.52. The second kappa shape index (κ2) is 7.07. The molecule has 0 amide bonds. The molecule has 1 atom stereocenters. The molecule has 1 aliphatic rings. The Kier molecular flexibility index (Phi) is 5.39. The van der Waals surface area contributed by atoms with Crippen LogP contribution in [-0.4, -0.2) is 29.4 Å². The molecule has 0 saturated carbocycles. The second-order valence-corrected chi connectivity index (χ2v) is 7.02. The molecule has 1 unspecified atom stereocenters. The van der Waals surface area contributed by atoms with E-state index in [1.165, 1.54) is 12.8 Å². The quantitative estimate of drug-likeness (QED) is 0.287. The van der Waals surface area contributed by atoms with Gasteiger partial charge in [0.1, 0.15) is 0 Å². The molecule has 1 saturated heterocycles. The van der Waals surface area contributed by atoms with Gasteiger partial charge in [0.15, 0.2) is 5.84 Å². The van der Waals surface area contributed by atoms with Crippen molar-refractivity contribution in [2.75, 3.05) is 17.2 Å². The lowest BCUT2D eigenvalue weighted by atomic mass is 10.0. The van der Waals surface area contributed by atoms with E-state index >= 15 is 0 Å². The molecule has 1 fully saturated rings. The Morgan fingerprint density at radius 3 is 2.90 bits per heavy atom. The summed E-state index contributed by atoms with van der Waals surface area (Å²) in [5, 5.41) is 12.4. The molecule has 0 radical (unpaired) electrons. The van der Waals surface area contributed by atoms with Crippen molar-refractivity contribution in [3.8, 4) is 0 Å². The summed E-state index contributed by atoms with van der Waals surface area (Å²) in [6.45, 7) is 7.67. The van der Waals surface area contributed by atoms with E-state index in [1.54, 1.807) is 11.8 Å². The Morgan fingerprint density at radius 1 is 1.52 bits per heavy atom. The fourth-order valence-electron chi connectivity index (χ4n) is 3.13. The topological polar surface area (TPSA) is 61.8 Å². The first-order valence-corrected chi connectivity index (χ1v) is 8.59. The maximum Gasteiger partial charge on any atom is 0.173 e. The molecular weight excluding hydrogens is 282 g/mol. The van der Waals surface area contributed by atoms with Crippen LogP contribution in [0.2, 0.25) is 0 Å². The summed E-state index contributed by atoms with van der Waals surface area (Å²) in [7, 11) is 0. The van der Waals surface area contributed by atoms with E-state index in [0.29, 0.717) is 12.0 Å². The van der Waals surface area contributed by atoms with Crippen LogP contribution in [0.3, 0.4) is 0 Å². The number of hydrogen-bond acceptors (Lipinski definition) is 4. The maximum absolute atomic E-state index is 9.16. The highest BCUT2D eigenvalue weighted by molar-refractivity contribution is 7.99. The molecule has 5 heteroatoms. The van der Waals surface area contributed by atoms with Crippen LogP contribution in [0.15, 0.2) is 28.3 Å². The molecule has 0 bridgehead atoms. The fourth-order valence-corrected chi connectivity index (χ4v) is 3.97. The largest absolute Gasteiger partial charge is 0.409 e. The van der Waals surface area contributed by atoms with Crippen molar-refractivity contribution in [2.45, 2.75) is 44.6 Å². The first-order chi connectivity index (χ1) is 10.1. The van der Waals surface area contributed by atoms with Crippen LogP contribution >= 0.6 is 11.8 Å². The van der Waals surface area contributed by atoms with Gasteiger partial charge in [0.05, 0.1) is 5.56 Å². The fraction of sp³-hybridized carbons (Fsp3) is 0.562. The van der Waals surface area contributed by atoms with Crippen LogP contribution in [0.1, 0.15) is 39.2 Å². The average molecular weight is 307 g/mol. The van der Waals surface area contributed by atoms with Crippen molar-refractivity contribution < 1.29 is 5.21 Å². The standard InChI is InChI=1S/C16H25N3OS/c1-4-21-14-9-5-7-13(15(14)16(17)18-20)19-10-6-8-12(19)11(2)3/h5,7,9,11-12,20H,4,6,8,10H2,1-3H3,(H2,17,18). The van der Waals surface area contributed by atoms with Crippen molar-refractivity contribution in [1.29, 1.82) is 0 Å². The third kappa shape index (κ3) is 3.28. The Hall–Kier alpha value is -1.36. The predicted molar refractivity (Wildman–Crippen MR) is 90.6 cm³/mol. The third-order valence-electron chi connectivity index (χ3n) is 4.05. The zero-order chi connectivity index (χ0) is 15.4. The van der Waals surface area contributed by atoms with E-state index in [4.69, 9.17) is 10.9 Å². The molecule has 0 aliphatic carbocycles. The van der Waals surface area contributed by atoms with Crippen LogP contribution in [-0.2, 0) is 0 Å². The van der Waals surface area contributed by atoms with Crippen molar-refractivity contribution >= 4 is 23.3 Å². The summed E-state index contributed by atoms with van der Waals surface area (Å²) in [5.41, 5.74) is 7.95. The first-order valence-electron chi connectivity index (χ1n) is 7.60. The van der Waals surface area contributed by atoms with Gasteiger partial charge in [-0.2, -0.15) is 0 Å². The Morgan fingerprint density at radius 2 is 2.29 bits per heavy atom. The minimum Gasteiger partial charge on any atom is -0.409 e. The van der Waals surface area contributed by atoms with Crippen molar-refractivity contribution in [3.05, 3.63) is 23.8 Å². The number of benzene rings is 1. The average Bonchev–Trinajstić information content (AvgIpc) is 2.96. The van der Waals surface area contributed by atoms with Gasteiger partial charge < -0.3 is 15.8 Å². The van der Waals surface area contributed by atoms with Crippen LogP contribution < -0.4 is 10.6 Å². The summed E-state index contributed by atoms with van der Waals surface area (Å²) in [5.74, 6) is 1.76. The second-order valence-electron chi connectivity index (χ2n) is 5.72. The SMILES string of the molecule is CCSc1cccc(N2CCCC2C(C)C)c1/C(N)=N/O. The lowest BCUT2D eigenvalue weighted by Crippen LogP contribution is -2.35. The normalized spacial score (nSPS) is 19.5. The summed E-state index contributed by atoms with van der Waals surface area (Å²) in [4.78, 5) is 3.51. The molecule has 116 valence electrons. The highest BCUT2D eigenvalue weighted by Gasteiger charge is 2.30. The lowest BCUT2D eigenvalue weighted by molar-refractivity contribution is 0.318. The smallest absolute Gasteiger partial charge is 0.173 e. The Labute approximate surface area is 131 Å². The molecule has 3 N–H and O–H groups in total. The first kappa shape index (κ1) is 16.0. The number of thioether (sulfide) groups is 1. The Balaban J connectivity index is 2.50. The number of nitrogens with zero attached hydrogens (tertiary/aromatic N) is 2. The third-order valence-corrected chi connectivity index (χ3v) is 4.99. The molecular formula is C16H25N3OS. The Bertz CT molecular complexity index is 516. The van der Waals surface area contributed by atoms with Gasteiger partial charge in [-0.25, -0.2) is 0 Å². The zero-order valence-electron chi connectivity index (χ0n) is 13.0. The van der Waals surface area contributed by atoms with Gasteiger partial charge in [-0.05, 0) is 36.6 Å². The number of nitrogens with two attached hydrogens (primary N) is 1. The van der Waals surface area contributed by atoms with E-state index in [0.717, 1.165) is 28.4 Å². The summed E-state index contributed by atoms with van der Waals surface area (Å²) < 4.78 is 0. The van der Waals surface area contributed by atoms with Gasteiger partial charge in [0.25, 0.3) is 0 Å². The molecule has 0 spiro atoms. The minimum atomic E-state index is 0.205. The highest BCUT2D eigenvalue weighted by atomic mass is 32.2.